The summed E-state index contributed by atoms with van der Waals surface area (Å²) in [7, 11) is 0. The molecule has 0 radical (unpaired) electrons. The topological polar surface area (TPSA) is 72.6 Å². The number of nitrogens with zero attached hydrogens (tertiary/aromatic N) is 1. The molecule has 0 bridgehead atoms. The fraction of sp³-hybridized carbons (Fsp3) is 0.294. The van der Waals surface area contributed by atoms with Gasteiger partial charge in [-0.1, -0.05) is 18.2 Å². The minimum Gasteiger partial charge on any atom is -0.462 e. The molecule has 0 fully saturated rings. The van der Waals surface area contributed by atoms with Gasteiger partial charge in [-0.05, 0) is 31.0 Å². The molecule has 0 atom stereocenters. The number of carbonyl (C=O) groups excluding carboxylic acids is 2. The van der Waals surface area contributed by atoms with Crippen LogP contribution in [0.4, 0.5) is 5.00 Å². The summed E-state index contributed by atoms with van der Waals surface area (Å²) in [4.78, 5) is 27.4. The van der Waals surface area contributed by atoms with Crippen molar-refractivity contribution in [3.8, 4) is 0 Å². The van der Waals surface area contributed by atoms with E-state index >= 15 is 0 Å². The van der Waals surface area contributed by atoms with E-state index in [0.29, 0.717) is 42.2 Å². The van der Waals surface area contributed by atoms with Gasteiger partial charge in [-0.3, -0.25) is 4.79 Å². The van der Waals surface area contributed by atoms with Crippen molar-refractivity contribution in [3.63, 3.8) is 0 Å². The predicted octanol–water partition coefficient (Wildman–Crippen LogP) is 2.71. The quantitative estimate of drug-likeness (QED) is 0.878. The van der Waals surface area contributed by atoms with Gasteiger partial charge in [0, 0.05) is 17.0 Å². The number of rotatable bonds is 3. The largest absolute Gasteiger partial charge is 0.462 e. The van der Waals surface area contributed by atoms with Crippen molar-refractivity contribution in [2.24, 2.45) is 0 Å². The Labute approximate surface area is 138 Å². The van der Waals surface area contributed by atoms with E-state index in [1.54, 1.807) is 11.8 Å². The molecule has 0 saturated carbocycles. The number of ether oxygens (including phenoxy) is 1. The molecule has 1 amide bonds. The minimum absolute atomic E-state index is 0.000839. The van der Waals surface area contributed by atoms with Crippen LogP contribution in [0.3, 0.4) is 0 Å². The van der Waals surface area contributed by atoms with E-state index in [0.717, 1.165) is 10.4 Å². The van der Waals surface area contributed by atoms with Crippen molar-refractivity contribution in [1.82, 2.24) is 4.90 Å². The van der Waals surface area contributed by atoms with Crippen LogP contribution in [0.1, 0.15) is 38.1 Å². The van der Waals surface area contributed by atoms with Crippen LogP contribution in [0.25, 0.3) is 0 Å². The molecule has 1 aliphatic rings. The van der Waals surface area contributed by atoms with E-state index in [9.17, 15) is 9.59 Å². The van der Waals surface area contributed by atoms with Crippen LogP contribution in [0.5, 0.6) is 0 Å². The predicted molar refractivity (Wildman–Crippen MR) is 89.6 cm³/mol. The molecule has 5 nitrogen and oxygen atoms in total. The summed E-state index contributed by atoms with van der Waals surface area (Å²) in [6, 6.07) is 9.21. The Morgan fingerprint density at radius 3 is 2.74 bits per heavy atom. The normalized spacial score (nSPS) is 13.5. The number of anilines is 1. The molecule has 1 aromatic carbocycles. The van der Waals surface area contributed by atoms with Crippen molar-refractivity contribution in [2.45, 2.75) is 19.9 Å². The number of esters is 1. The zero-order chi connectivity index (χ0) is 16.4. The van der Waals surface area contributed by atoms with E-state index in [1.807, 2.05) is 30.3 Å². The van der Waals surface area contributed by atoms with Gasteiger partial charge in [-0.2, -0.15) is 0 Å². The van der Waals surface area contributed by atoms with Crippen LogP contribution >= 0.6 is 11.3 Å². The lowest BCUT2D eigenvalue weighted by Gasteiger charge is -2.27. The van der Waals surface area contributed by atoms with Crippen LogP contribution in [0.15, 0.2) is 30.3 Å². The number of benzene rings is 1. The van der Waals surface area contributed by atoms with Gasteiger partial charge in [0.2, 0.25) is 0 Å². The maximum absolute atomic E-state index is 12.5. The van der Waals surface area contributed by atoms with E-state index in [2.05, 4.69) is 0 Å². The highest BCUT2D eigenvalue weighted by Gasteiger charge is 2.29. The molecule has 2 N–H and O–H groups in total. The van der Waals surface area contributed by atoms with Gasteiger partial charge in [0.25, 0.3) is 5.91 Å². The number of nitrogens with two attached hydrogens (primary N) is 1. The third-order valence-electron chi connectivity index (χ3n) is 3.87. The molecule has 120 valence electrons. The van der Waals surface area contributed by atoms with Gasteiger partial charge in [0.1, 0.15) is 5.00 Å². The Morgan fingerprint density at radius 1 is 1.30 bits per heavy atom. The second-order valence-corrected chi connectivity index (χ2v) is 6.44. The van der Waals surface area contributed by atoms with Crippen LogP contribution < -0.4 is 5.73 Å². The lowest BCUT2D eigenvalue weighted by atomic mass is 10.0. The highest BCUT2D eigenvalue weighted by Crippen LogP contribution is 2.35. The van der Waals surface area contributed by atoms with Crippen LogP contribution in [-0.2, 0) is 17.7 Å². The van der Waals surface area contributed by atoms with E-state index in [-0.39, 0.29) is 11.9 Å². The molecular formula is C17H18N2O3S. The third kappa shape index (κ3) is 2.94. The number of amides is 1. The standard InChI is InChI=1S/C17H18N2O3S/c1-2-22-17(21)14-12-8-9-19(10-13(12)23-15(14)18)16(20)11-6-4-3-5-7-11/h3-7H,2,8-10,18H2,1H3. The van der Waals surface area contributed by atoms with Crippen LogP contribution in [0.2, 0.25) is 0 Å². The summed E-state index contributed by atoms with van der Waals surface area (Å²) in [6.07, 6.45) is 0.621. The van der Waals surface area contributed by atoms with Gasteiger partial charge >= 0.3 is 5.97 Å². The van der Waals surface area contributed by atoms with Gasteiger partial charge < -0.3 is 15.4 Å². The van der Waals surface area contributed by atoms with Crippen molar-refractivity contribution in [2.75, 3.05) is 18.9 Å². The molecule has 1 aromatic heterocycles. The molecule has 1 aliphatic heterocycles. The molecule has 0 unspecified atom stereocenters. The minimum atomic E-state index is -0.370. The highest BCUT2D eigenvalue weighted by molar-refractivity contribution is 7.16. The molecule has 2 heterocycles. The fourth-order valence-electron chi connectivity index (χ4n) is 2.79. The maximum Gasteiger partial charge on any atom is 0.341 e. The van der Waals surface area contributed by atoms with Crippen molar-refractivity contribution >= 4 is 28.2 Å². The second kappa shape index (κ2) is 6.42. The number of fused-ring (bicyclic) bond motifs is 1. The van der Waals surface area contributed by atoms with Crippen LogP contribution in [-0.4, -0.2) is 29.9 Å². The number of thiophene rings is 1. The third-order valence-corrected chi connectivity index (χ3v) is 4.92. The summed E-state index contributed by atoms with van der Waals surface area (Å²) in [5.41, 5.74) is 8.09. The Morgan fingerprint density at radius 2 is 2.04 bits per heavy atom. The average Bonchev–Trinajstić information content (AvgIpc) is 2.90. The van der Waals surface area contributed by atoms with Crippen LogP contribution in [0, 0.1) is 0 Å². The Hall–Kier alpha value is -2.34. The zero-order valence-corrected chi connectivity index (χ0v) is 13.7. The highest BCUT2D eigenvalue weighted by atomic mass is 32.1. The molecule has 3 rings (SSSR count). The second-order valence-electron chi connectivity index (χ2n) is 5.31. The first-order valence-electron chi connectivity index (χ1n) is 7.53. The van der Waals surface area contributed by atoms with Crippen molar-refractivity contribution in [3.05, 3.63) is 51.9 Å². The molecule has 6 heteroatoms. The lowest BCUT2D eigenvalue weighted by molar-refractivity contribution is 0.0526. The van der Waals surface area contributed by atoms with Crippen molar-refractivity contribution < 1.29 is 14.3 Å². The first kappa shape index (κ1) is 15.6. The Bertz CT molecular complexity index is 740. The number of nitrogen functional groups attached to an aromatic ring is 1. The van der Waals surface area contributed by atoms with E-state index in [1.165, 1.54) is 11.3 Å². The lowest BCUT2D eigenvalue weighted by Crippen LogP contribution is -2.35. The number of hydrogen-bond donors (Lipinski definition) is 1. The van der Waals surface area contributed by atoms with Gasteiger partial charge in [0.05, 0.1) is 18.7 Å². The zero-order valence-electron chi connectivity index (χ0n) is 12.9. The molecule has 0 saturated heterocycles. The number of carbonyl (C=O) groups is 2. The van der Waals surface area contributed by atoms with E-state index < -0.39 is 0 Å². The molecule has 0 aliphatic carbocycles. The fourth-order valence-corrected chi connectivity index (χ4v) is 3.91. The smallest absolute Gasteiger partial charge is 0.341 e. The first-order chi connectivity index (χ1) is 11.1. The first-order valence-corrected chi connectivity index (χ1v) is 8.35. The SMILES string of the molecule is CCOC(=O)c1c(N)sc2c1CCN(C(=O)c1ccccc1)C2. The maximum atomic E-state index is 12.5. The summed E-state index contributed by atoms with van der Waals surface area (Å²) in [5.74, 6) is -0.369. The van der Waals surface area contributed by atoms with Gasteiger partial charge in [-0.25, -0.2) is 4.79 Å². The van der Waals surface area contributed by atoms with Gasteiger partial charge in [0.15, 0.2) is 0 Å². The van der Waals surface area contributed by atoms with Crippen molar-refractivity contribution in [1.29, 1.82) is 0 Å². The van der Waals surface area contributed by atoms with E-state index in [4.69, 9.17) is 10.5 Å². The summed E-state index contributed by atoms with van der Waals surface area (Å²) >= 11 is 1.37. The average molecular weight is 330 g/mol. The molecule has 23 heavy (non-hydrogen) atoms. The summed E-state index contributed by atoms with van der Waals surface area (Å²) in [6.45, 7) is 3.15. The monoisotopic (exact) mass is 330 g/mol. The molecule has 2 aromatic rings. The summed E-state index contributed by atoms with van der Waals surface area (Å²) in [5, 5.41) is 0.475. The molecular weight excluding hydrogens is 312 g/mol. The Kier molecular flexibility index (Phi) is 4.34. The Balaban J connectivity index is 1.84. The summed E-state index contributed by atoms with van der Waals surface area (Å²) < 4.78 is 5.08. The van der Waals surface area contributed by atoms with Gasteiger partial charge in [-0.15, -0.1) is 11.3 Å². The molecule has 0 spiro atoms. The number of hydrogen-bond acceptors (Lipinski definition) is 5.